The third-order valence-corrected chi connectivity index (χ3v) is 3.17. The Balaban J connectivity index is 3.74. The zero-order valence-corrected chi connectivity index (χ0v) is 8.34. The standard InChI is InChI=1S/C7H14O5S/c1-12-4-2-5-13(10,11)6-3-7(8)9/h2-6H2,1H3,(H,8,9). The summed E-state index contributed by atoms with van der Waals surface area (Å²) in [6, 6.07) is 0. The van der Waals surface area contributed by atoms with Gasteiger partial charge in [0.15, 0.2) is 9.84 Å². The van der Waals surface area contributed by atoms with Gasteiger partial charge in [0.1, 0.15) is 0 Å². The molecule has 0 saturated carbocycles. The van der Waals surface area contributed by atoms with Gasteiger partial charge in [-0.2, -0.15) is 0 Å². The zero-order valence-electron chi connectivity index (χ0n) is 7.52. The highest BCUT2D eigenvalue weighted by molar-refractivity contribution is 7.91. The lowest BCUT2D eigenvalue weighted by Gasteiger charge is -2.01. The van der Waals surface area contributed by atoms with Crippen molar-refractivity contribution in [1.82, 2.24) is 0 Å². The Morgan fingerprint density at radius 1 is 1.38 bits per heavy atom. The molecule has 78 valence electrons. The second kappa shape index (κ2) is 5.93. The van der Waals surface area contributed by atoms with Gasteiger partial charge in [-0.1, -0.05) is 0 Å². The maximum Gasteiger partial charge on any atom is 0.304 e. The largest absolute Gasteiger partial charge is 0.481 e. The summed E-state index contributed by atoms with van der Waals surface area (Å²) >= 11 is 0. The summed E-state index contributed by atoms with van der Waals surface area (Å²) < 4.78 is 26.9. The van der Waals surface area contributed by atoms with E-state index in [-0.39, 0.29) is 17.9 Å². The number of carbonyl (C=O) groups is 1. The third kappa shape index (κ3) is 7.73. The lowest BCUT2D eigenvalue weighted by Crippen LogP contribution is -2.15. The molecular formula is C7H14O5S. The van der Waals surface area contributed by atoms with Gasteiger partial charge in [0.25, 0.3) is 0 Å². The van der Waals surface area contributed by atoms with Crippen molar-refractivity contribution in [2.45, 2.75) is 12.8 Å². The summed E-state index contributed by atoms with van der Waals surface area (Å²) in [5.41, 5.74) is 0. The minimum absolute atomic E-state index is 0.00583. The van der Waals surface area contributed by atoms with Gasteiger partial charge in [0, 0.05) is 13.7 Å². The van der Waals surface area contributed by atoms with Crippen molar-refractivity contribution in [3.05, 3.63) is 0 Å². The smallest absolute Gasteiger partial charge is 0.304 e. The average molecular weight is 210 g/mol. The Morgan fingerprint density at radius 3 is 2.46 bits per heavy atom. The van der Waals surface area contributed by atoms with Gasteiger partial charge in [-0.05, 0) is 6.42 Å². The fourth-order valence-electron chi connectivity index (χ4n) is 0.768. The molecule has 0 atom stereocenters. The summed E-state index contributed by atoms with van der Waals surface area (Å²) in [6.45, 7) is 0.381. The summed E-state index contributed by atoms with van der Waals surface area (Å²) in [4.78, 5) is 10.1. The van der Waals surface area contributed by atoms with Gasteiger partial charge >= 0.3 is 5.97 Å². The summed E-state index contributed by atoms with van der Waals surface area (Å²) in [5.74, 6) is -1.38. The maximum absolute atomic E-state index is 11.1. The molecule has 0 spiro atoms. The maximum atomic E-state index is 11.1. The van der Waals surface area contributed by atoms with Crippen molar-refractivity contribution in [2.24, 2.45) is 0 Å². The topological polar surface area (TPSA) is 80.7 Å². The number of carboxylic acid groups (broad SMARTS) is 1. The van der Waals surface area contributed by atoms with Crippen molar-refractivity contribution >= 4 is 15.8 Å². The molecule has 0 bridgehead atoms. The van der Waals surface area contributed by atoms with Crippen LogP contribution < -0.4 is 0 Å². The van der Waals surface area contributed by atoms with Gasteiger partial charge in [0.2, 0.25) is 0 Å². The van der Waals surface area contributed by atoms with E-state index in [9.17, 15) is 13.2 Å². The fourth-order valence-corrected chi connectivity index (χ4v) is 2.02. The van der Waals surface area contributed by atoms with Gasteiger partial charge in [-0.15, -0.1) is 0 Å². The van der Waals surface area contributed by atoms with E-state index in [1.54, 1.807) is 0 Å². The molecule has 0 aromatic heterocycles. The lowest BCUT2D eigenvalue weighted by molar-refractivity contribution is -0.136. The SMILES string of the molecule is COCCCS(=O)(=O)CCC(=O)O. The van der Waals surface area contributed by atoms with Crippen LogP contribution in [-0.2, 0) is 19.4 Å². The molecule has 0 aliphatic carbocycles. The highest BCUT2D eigenvalue weighted by Gasteiger charge is 2.12. The molecule has 0 aromatic rings. The van der Waals surface area contributed by atoms with Crippen LogP contribution in [0.15, 0.2) is 0 Å². The molecule has 0 fully saturated rings. The van der Waals surface area contributed by atoms with E-state index in [4.69, 9.17) is 5.11 Å². The molecule has 1 N–H and O–H groups in total. The van der Waals surface area contributed by atoms with Gasteiger partial charge < -0.3 is 9.84 Å². The van der Waals surface area contributed by atoms with E-state index in [2.05, 4.69) is 4.74 Å². The number of sulfone groups is 1. The van der Waals surface area contributed by atoms with Crippen LogP contribution in [-0.4, -0.2) is 44.7 Å². The van der Waals surface area contributed by atoms with Crippen LogP contribution in [0, 0.1) is 0 Å². The quantitative estimate of drug-likeness (QED) is 0.594. The summed E-state index contributed by atoms with van der Waals surface area (Å²) in [7, 11) is -1.72. The van der Waals surface area contributed by atoms with Crippen LogP contribution in [0.4, 0.5) is 0 Å². The Morgan fingerprint density at radius 2 is 2.00 bits per heavy atom. The minimum Gasteiger partial charge on any atom is -0.481 e. The first-order valence-electron chi connectivity index (χ1n) is 3.89. The van der Waals surface area contributed by atoms with Crippen molar-refractivity contribution in [3.63, 3.8) is 0 Å². The highest BCUT2D eigenvalue weighted by Crippen LogP contribution is 1.97. The number of aliphatic carboxylic acids is 1. The molecule has 0 amide bonds. The number of hydrogen-bond donors (Lipinski definition) is 1. The van der Waals surface area contributed by atoms with E-state index in [1.165, 1.54) is 7.11 Å². The molecule has 6 heteroatoms. The fraction of sp³-hybridized carbons (Fsp3) is 0.857. The number of carboxylic acids is 1. The van der Waals surface area contributed by atoms with E-state index in [1.807, 2.05) is 0 Å². The van der Waals surface area contributed by atoms with Crippen LogP contribution in [0.1, 0.15) is 12.8 Å². The molecule has 0 radical (unpaired) electrons. The second-order valence-corrected chi connectivity index (χ2v) is 4.95. The zero-order chi connectivity index (χ0) is 10.3. The molecule has 0 unspecified atom stereocenters. The Kier molecular flexibility index (Phi) is 5.65. The second-order valence-electron chi connectivity index (χ2n) is 2.64. The van der Waals surface area contributed by atoms with Gasteiger partial charge in [-0.25, -0.2) is 8.42 Å². The normalized spacial score (nSPS) is 11.5. The van der Waals surface area contributed by atoms with Crippen LogP contribution in [0.25, 0.3) is 0 Å². The van der Waals surface area contributed by atoms with E-state index < -0.39 is 15.8 Å². The first kappa shape index (κ1) is 12.4. The Bertz CT molecular complexity index is 244. The molecule has 5 nitrogen and oxygen atoms in total. The predicted molar refractivity (Wildman–Crippen MR) is 47.4 cm³/mol. The number of ether oxygens (including phenoxy) is 1. The first-order chi connectivity index (χ1) is 5.98. The molecule has 13 heavy (non-hydrogen) atoms. The van der Waals surface area contributed by atoms with E-state index in [0.29, 0.717) is 13.0 Å². The van der Waals surface area contributed by atoms with Crippen molar-refractivity contribution in [1.29, 1.82) is 0 Å². The molecule has 0 aromatic carbocycles. The predicted octanol–water partition coefficient (Wildman–Crippen LogP) is -0.0876. The van der Waals surface area contributed by atoms with Crippen LogP contribution in [0.3, 0.4) is 0 Å². The minimum atomic E-state index is -3.21. The monoisotopic (exact) mass is 210 g/mol. The van der Waals surface area contributed by atoms with E-state index in [0.717, 1.165) is 0 Å². The van der Waals surface area contributed by atoms with E-state index >= 15 is 0 Å². The van der Waals surface area contributed by atoms with Crippen molar-refractivity contribution in [3.8, 4) is 0 Å². The Hall–Kier alpha value is -0.620. The molecular weight excluding hydrogens is 196 g/mol. The first-order valence-corrected chi connectivity index (χ1v) is 5.71. The number of rotatable bonds is 7. The average Bonchev–Trinajstić information content (AvgIpc) is 2.02. The lowest BCUT2D eigenvalue weighted by atomic mass is 10.5. The van der Waals surface area contributed by atoms with Crippen molar-refractivity contribution in [2.75, 3.05) is 25.2 Å². The van der Waals surface area contributed by atoms with Crippen LogP contribution in [0.5, 0.6) is 0 Å². The Labute approximate surface area is 77.6 Å². The molecule has 0 saturated heterocycles. The number of hydrogen-bond acceptors (Lipinski definition) is 4. The summed E-state index contributed by atoms with van der Waals surface area (Å²) in [5, 5.41) is 8.26. The molecule has 0 aliphatic rings. The summed E-state index contributed by atoms with van der Waals surface area (Å²) in [6.07, 6.45) is 0.0910. The molecule has 0 heterocycles. The highest BCUT2D eigenvalue weighted by atomic mass is 32.2. The number of methoxy groups -OCH3 is 1. The molecule has 0 aliphatic heterocycles. The van der Waals surface area contributed by atoms with Gasteiger partial charge in [-0.3, -0.25) is 4.79 Å². The molecule has 0 rings (SSSR count). The van der Waals surface area contributed by atoms with Crippen molar-refractivity contribution < 1.29 is 23.1 Å². The van der Waals surface area contributed by atoms with Crippen LogP contribution >= 0.6 is 0 Å². The van der Waals surface area contributed by atoms with Crippen LogP contribution in [0.2, 0.25) is 0 Å². The van der Waals surface area contributed by atoms with Gasteiger partial charge in [0.05, 0.1) is 17.9 Å². The third-order valence-electron chi connectivity index (χ3n) is 1.43.